The summed E-state index contributed by atoms with van der Waals surface area (Å²) in [6.07, 6.45) is -0.0861. The van der Waals surface area contributed by atoms with Gasteiger partial charge < -0.3 is 5.11 Å². The van der Waals surface area contributed by atoms with Gasteiger partial charge in [0.2, 0.25) is 0 Å². The molecule has 0 amide bonds. The zero-order valence-corrected chi connectivity index (χ0v) is 9.62. The number of hydrogen-bond acceptors (Lipinski definition) is 2. The van der Waals surface area contributed by atoms with Crippen LogP contribution < -0.4 is 0 Å². The van der Waals surface area contributed by atoms with E-state index in [0.717, 1.165) is 11.1 Å². The standard InChI is InChI=1S/C12H14ClNO/c1-3-9(7-14)12(15)11-5-4-10(13)6-8(11)2/h4-6,9,12,15H,3H2,1-2H3. The Balaban J connectivity index is 3.01. The number of rotatable bonds is 3. The molecular weight excluding hydrogens is 210 g/mol. The third-order valence-electron chi connectivity index (χ3n) is 2.54. The molecule has 1 rings (SSSR count). The smallest absolute Gasteiger partial charge is 0.0950 e. The SMILES string of the molecule is CCC(C#N)C(O)c1ccc(Cl)cc1C. The molecule has 0 aliphatic heterocycles. The van der Waals surface area contributed by atoms with Crippen LogP contribution in [0.2, 0.25) is 5.02 Å². The van der Waals surface area contributed by atoms with Crippen molar-refractivity contribution in [1.82, 2.24) is 0 Å². The highest BCUT2D eigenvalue weighted by Gasteiger charge is 2.20. The zero-order valence-electron chi connectivity index (χ0n) is 8.87. The second kappa shape index (κ2) is 5.16. The van der Waals surface area contributed by atoms with Crippen LogP contribution in [-0.4, -0.2) is 5.11 Å². The Bertz CT molecular complexity index is 384. The number of halogens is 1. The maximum Gasteiger partial charge on any atom is 0.0950 e. The van der Waals surface area contributed by atoms with Gasteiger partial charge in [0, 0.05) is 5.02 Å². The molecule has 3 heteroatoms. The minimum Gasteiger partial charge on any atom is -0.387 e. The highest BCUT2D eigenvalue weighted by Crippen LogP contribution is 2.28. The molecule has 1 N–H and O–H groups in total. The van der Waals surface area contributed by atoms with Crippen molar-refractivity contribution in [2.75, 3.05) is 0 Å². The van der Waals surface area contributed by atoms with Crippen molar-refractivity contribution in [3.63, 3.8) is 0 Å². The maximum atomic E-state index is 9.99. The predicted molar refractivity (Wildman–Crippen MR) is 60.5 cm³/mol. The van der Waals surface area contributed by atoms with E-state index in [-0.39, 0.29) is 5.92 Å². The number of aliphatic hydroxyl groups is 1. The third-order valence-corrected chi connectivity index (χ3v) is 2.77. The normalized spacial score (nSPS) is 14.3. The van der Waals surface area contributed by atoms with E-state index in [2.05, 4.69) is 6.07 Å². The topological polar surface area (TPSA) is 44.0 Å². The summed E-state index contributed by atoms with van der Waals surface area (Å²) < 4.78 is 0. The molecule has 1 aromatic carbocycles. The van der Waals surface area contributed by atoms with Crippen LogP contribution >= 0.6 is 11.6 Å². The van der Waals surface area contributed by atoms with Crippen LogP contribution in [0.1, 0.15) is 30.6 Å². The Morgan fingerprint density at radius 1 is 1.53 bits per heavy atom. The van der Waals surface area contributed by atoms with Crippen LogP contribution in [0.4, 0.5) is 0 Å². The molecule has 0 saturated heterocycles. The van der Waals surface area contributed by atoms with Crippen LogP contribution in [0.5, 0.6) is 0 Å². The fourth-order valence-electron chi connectivity index (χ4n) is 1.57. The fraction of sp³-hybridized carbons (Fsp3) is 0.417. The highest BCUT2D eigenvalue weighted by molar-refractivity contribution is 6.30. The number of aryl methyl sites for hydroxylation is 1. The molecule has 0 aromatic heterocycles. The lowest BCUT2D eigenvalue weighted by molar-refractivity contribution is 0.132. The zero-order chi connectivity index (χ0) is 11.4. The average molecular weight is 224 g/mol. The van der Waals surface area contributed by atoms with Crippen molar-refractivity contribution in [3.05, 3.63) is 34.3 Å². The summed E-state index contributed by atoms with van der Waals surface area (Å²) in [5.41, 5.74) is 1.71. The van der Waals surface area contributed by atoms with E-state index >= 15 is 0 Å². The van der Waals surface area contributed by atoms with Gasteiger partial charge in [0.05, 0.1) is 18.1 Å². The van der Waals surface area contributed by atoms with E-state index < -0.39 is 6.10 Å². The van der Waals surface area contributed by atoms with Gasteiger partial charge in [0.25, 0.3) is 0 Å². The Labute approximate surface area is 95.1 Å². The van der Waals surface area contributed by atoms with Gasteiger partial charge in [0.15, 0.2) is 0 Å². The van der Waals surface area contributed by atoms with Gasteiger partial charge in [-0.15, -0.1) is 0 Å². The summed E-state index contributed by atoms with van der Waals surface area (Å²) in [6.45, 7) is 3.77. The van der Waals surface area contributed by atoms with Crippen molar-refractivity contribution < 1.29 is 5.11 Å². The monoisotopic (exact) mass is 223 g/mol. The predicted octanol–water partition coefficient (Wildman–Crippen LogP) is 3.23. The van der Waals surface area contributed by atoms with Gasteiger partial charge in [-0.3, -0.25) is 0 Å². The largest absolute Gasteiger partial charge is 0.387 e. The summed E-state index contributed by atoms with van der Waals surface area (Å²) >= 11 is 5.82. The van der Waals surface area contributed by atoms with E-state index in [1.54, 1.807) is 18.2 Å². The van der Waals surface area contributed by atoms with Crippen LogP contribution in [0.3, 0.4) is 0 Å². The van der Waals surface area contributed by atoms with Crippen molar-refractivity contribution >= 4 is 11.6 Å². The molecule has 0 aliphatic carbocycles. The Hall–Kier alpha value is -1.04. The van der Waals surface area contributed by atoms with Gasteiger partial charge in [-0.1, -0.05) is 24.6 Å². The fourth-order valence-corrected chi connectivity index (χ4v) is 1.80. The Morgan fingerprint density at radius 2 is 2.20 bits per heavy atom. The molecule has 0 spiro atoms. The van der Waals surface area contributed by atoms with Gasteiger partial charge in [0.1, 0.15) is 0 Å². The summed E-state index contributed by atoms with van der Waals surface area (Å²) in [5, 5.41) is 19.5. The summed E-state index contributed by atoms with van der Waals surface area (Å²) in [7, 11) is 0. The van der Waals surface area contributed by atoms with Crippen LogP contribution in [0, 0.1) is 24.2 Å². The summed E-state index contributed by atoms with van der Waals surface area (Å²) in [6, 6.07) is 7.42. The molecule has 80 valence electrons. The van der Waals surface area contributed by atoms with Crippen LogP contribution in [0.15, 0.2) is 18.2 Å². The quantitative estimate of drug-likeness (QED) is 0.855. The first-order chi connectivity index (χ1) is 7.10. The van der Waals surface area contributed by atoms with Crippen molar-refractivity contribution in [2.45, 2.75) is 26.4 Å². The van der Waals surface area contributed by atoms with Crippen molar-refractivity contribution in [2.24, 2.45) is 5.92 Å². The molecular formula is C12H14ClNO. The lowest BCUT2D eigenvalue weighted by Gasteiger charge is -2.17. The Kier molecular flexibility index (Phi) is 4.14. The number of aliphatic hydroxyl groups excluding tert-OH is 1. The number of benzene rings is 1. The molecule has 0 radical (unpaired) electrons. The first-order valence-electron chi connectivity index (χ1n) is 4.93. The number of nitrogens with zero attached hydrogens (tertiary/aromatic N) is 1. The van der Waals surface area contributed by atoms with E-state index in [0.29, 0.717) is 11.4 Å². The molecule has 0 bridgehead atoms. The van der Waals surface area contributed by atoms with Crippen LogP contribution in [-0.2, 0) is 0 Å². The van der Waals surface area contributed by atoms with Gasteiger partial charge in [-0.05, 0) is 36.6 Å². The molecule has 0 saturated carbocycles. The second-order valence-electron chi connectivity index (χ2n) is 3.59. The highest BCUT2D eigenvalue weighted by atomic mass is 35.5. The van der Waals surface area contributed by atoms with Crippen LogP contribution in [0.25, 0.3) is 0 Å². The first-order valence-corrected chi connectivity index (χ1v) is 5.31. The van der Waals surface area contributed by atoms with Gasteiger partial charge in [-0.2, -0.15) is 5.26 Å². The van der Waals surface area contributed by atoms with E-state index in [4.69, 9.17) is 16.9 Å². The number of hydrogen-bond donors (Lipinski definition) is 1. The molecule has 2 nitrogen and oxygen atoms in total. The third kappa shape index (κ3) is 2.71. The van der Waals surface area contributed by atoms with Crippen molar-refractivity contribution in [3.8, 4) is 6.07 Å². The maximum absolute atomic E-state index is 9.99. The second-order valence-corrected chi connectivity index (χ2v) is 4.03. The Morgan fingerprint density at radius 3 is 2.67 bits per heavy atom. The van der Waals surface area contributed by atoms with E-state index in [1.807, 2.05) is 13.8 Å². The minimum absolute atomic E-state index is 0.357. The molecule has 2 atom stereocenters. The number of nitriles is 1. The van der Waals surface area contributed by atoms with Gasteiger partial charge in [-0.25, -0.2) is 0 Å². The molecule has 0 heterocycles. The van der Waals surface area contributed by atoms with E-state index in [1.165, 1.54) is 0 Å². The first kappa shape index (κ1) is 12.0. The van der Waals surface area contributed by atoms with E-state index in [9.17, 15) is 5.11 Å². The van der Waals surface area contributed by atoms with Crippen molar-refractivity contribution in [1.29, 1.82) is 5.26 Å². The molecule has 0 aliphatic rings. The molecule has 1 aromatic rings. The lowest BCUT2D eigenvalue weighted by Crippen LogP contribution is -2.11. The molecule has 2 unspecified atom stereocenters. The minimum atomic E-state index is -0.725. The lowest BCUT2D eigenvalue weighted by atomic mass is 9.92. The summed E-state index contributed by atoms with van der Waals surface area (Å²) in [5.74, 6) is -0.357. The van der Waals surface area contributed by atoms with Gasteiger partial charge >= 0.3 is 0 Å². The molecule has 0 fully saturated rings. The molecule has 15 heavy (non-hydrogen) atoms. The summed E-state index contributed by atoms with van der Waals surface area (Å²) in [4.78, 5) is 0. The average Bonchev–Trinajstić information content (AvgIpc) is 2.19.